The van der Waals surface area contributed by atoms with Gasteiger partial charge in [0, 0.05) is 6.07 Å². The van der Waals surface area contributed by atoms with Crippen LogP contribution >= 0.6 is 0 Å². The van der Waals surface area contributed by atoms with Gasteiger partial charge in [-0.2, -0.15) is 0 Å². The van der Waals surface area contributed by atoms with Crippen molar-refractivity contribution in [2.45, 2.75) is 0 Å². The normalized spacial score (nSPS) is 10.2. The summed E-state index contributed by atoms with van der Waals surface area (Å²) in [7, 11) is 0. The molecular weight excluding hydrogens is 226 g/mol. The van der Waals surface area contributed by atoms with Crippen LogP contribution in [-0.4, -0.2) is 0 Å². The first-order valence-electron chi connectivity index (χ1n) is 4.85. The number of anilines is 2. The van der Waals surface area contributed by atoms with Gasteiger partial charge in [0.2, 0.25) is 0 Å². The van der Waals surface area contributed by atoms with Crippen molar-refractivity contribution >= 4 is 11.4 Å². The Morgan fingerprint density at radius 3 is 2.18 bits per heavy atom. The van der Waals surface area contributed by atoms with Gasteiger partial charge in [-0.1, -0.05) is 18.2 Å². The van der Waals surface area contributed by atoms with Crippen LogP contribution < -0.4 is 16.2 Å². The molecule has 2 aromatic carbocycles. The summed E-state index contributed by atoms with van der Waals surface area (Å²) in [4.78, 5) is 0. The van der Waals surface area contributed by atoms with Gasteiger partial charge in [0.05, 0.1) is 5.69 Å². The van der Waals surface area contributed by atoms with Gasteiger partial charge in [-0.3, -0.25) is 0 Å². The number of nitrogen functional groups attached to an aromatic ring is 2. The number of benzene rings is 2. The molecule has 0 spiro atoms. The molecule has 17 heavy (non-hydrogen) atoms. The first kappa shape index (κ1) is 11.2. The third-order valence-electron chi connectivity index (χ3n) is 2.23. The zero-order valence-corrected chi connectivity index (χ0v) is 8.78. The van der Waals surface area contributed by atoms with E-state index in [-0.39, 0.29) is 17.1 Å². The topological polar surface area (TPSA) is 61.3 Å². The first-order valence-corrected chi connectivity index (χ1v) is 4.85. The highest BCUT2D eigenvalue weighted by Crippen LogP contribution is 2.35. The maximum atomic E-state index is 13.5. The van der Waals surface area contributed by atoms with Crippen LogP contribution in [0.1, 0.15) is 0 Å². The maximum Gasteiger partial charge on any atom is 0.188 e. The second-order valence-corrected chi connectivity index (χ2v) is 3.41. The summed E-state index contributed by atoms with van der Waals surface area (Å²) >= 11 is 0. The van der Waals surface area contributed by atoms with Crippen molar-refractivity contribution in [3.8, 4) is 11.5 Å². The fourth-order valence-electron chi connectivity index (χ4n) is 1.34. The maximum absolute atomic E-state index is 13.5. The van der Waals surface area contributed by atoms with Crippen LogP contribution in [0.15, 0.2) is 36.4 Å². The highest BCUT2D eigenvalue weighted by molar-refractivity contribution is 5.72. The molecule has 0 aromatic heterocycles. The van der Waals surface area contributed by atoms with Gasteiger partial charge in [-0.25, -0.2) is 8.78 Å². The van der Waals surface area contributed by atoms with Gasteiger partial charge in [-0.15, -0.1) is 0 Å². The van der Waals surface area contributed by atoms with Crippen LogP contribution in [0.2, 0.25) is 0 Å². The van der Waals surface area contributed by atoms with E-state index < -0.39 is 11.6 Å². The largest absolute Gasteiger partial charge is 0.452 e. The van der Waals surface area contributed by atoms with Crippen LogP contribution in [0.25, 0.3) is 0 Å². The van der Waals surface area contributed by atoms with Crippen molar-refractivity contribution in [1.29, 1.82) is 0 Å². The van der Waals surface area contributed by atoms with Gasteiger partial charge >= 0.3 is 0 Å². The van der Waals surface area contributed by atoms with Gasteiger partial charge in [-0.05, 0) is 12.1 Å². The molecule has 0 saturated heterocycles. The van der Waals surface area contributed by atoms with E-state index in [0.29, 0.717) is 11.8 Å². The van der Waals surface area contributed by atoms with E-state index in [4.69, 9.17) is 16.2 Å². The molecule has 4 N–H and O–H groups in total. The minimum absolute atomic E-state index is 0.244. The molecular formula is C12H10F2N2O. The number of hydrogen-bond acceptors (Lipinski definition) is 3. The van der Waals surface area contributed by atoms with Crippen molar-refractivity contribution in [2.75, 3.05) is 11.5 Å². The number of rotatable bonds is 2. The standard InChI is InChI=1S/C12H10F2N2O/c13-8-6-9(14)12(11(16)10(8)15)17-7-4-2-1-3-5-7/h1-6H,15-16H2. The lowest BCUT2D eigenvalue weighted by Gasteiger charge is -2.11. The molecule has 0 aliphatic rings. The first-order chi connectivity index (χ1) is 8.09. The Labute approximate surface area is 96.6 Å². The molecule has 0 bridgehead atoms. The Kier molecular flexibility index (Phi) is 2.82. The third-order valence-corrected chi connectivity index (χ3v) is 2.23. The molecule has 0 radical (unpaired) electrons. The Morgan fingerprint density at radius 2 is 1.53 bits per heavy atom. The van der Waals surface area contributed by atoms with Gasteiger partial charge in [0.25, 0.3) is 0 Å². The second-order valence-electron chi connectivity index (χ2n) is 3.41. The monoisotopic (exact) mass is 236 g/mol. The lowest BCUT2D eigenvalue weighted by Crippen LogP contribution is -2.03. The molecule has 0 aliphatic heterocycles. The van der Waals surface area contributed by atoms with E-state index in [1.54, 1.807) is 30.3 Å². The Morgan fingerprint density at radius 1 is 0.882 bits per heavy atom. The third kappa shape index (κ3) is 2.13. The molecule has 3 nitrogen and oxygen atoms in total. The summed E-state index contributed by atoms with van der Waals surface area (Å²) in [6.07, 6.45) is 0. The van der Waals surface area contributed by atoms with E-state index in [1.807, 2.05) is 0 Å². The molecule has 2 rings (SSSR count). The Bertz CT molecular complexity index is 544. The zero-order valence-electron chi connectivity index (χ0n) is 8.78. The molecule has 0 fully saturated rings. The van der Waals surface area contributed by atoms with Crippen molar-refractivity contribution in [3.05, 3.63) is 48.0 Å². The van der Waals surface area contributed by atoms with Gasteiger partial charge < -0.3 is 16.2 Å². The van der Waals surface area contributed by atoms with Gasteiger partial charge in [0.1, 0.15) is 11.4 Å². The predicted octanol–water partition coefficient (Wildman–Crippen LogP) is 2.92. The molecule has 0 unspecified atom stereocenters. The van der Waals surface area contributed by atoms with E-state index in [9.17, 15) is 8.78 Å². The van der Waals surface area contributed by atoms with E-state index in [0.717, 1.165) is 0 Å². The summed E-state index contributed by atoms with van der Waals surface area (Å²) in [6.45, 7) is 0. The summed E-state index contributed by atoms with van der Waals surface area (Å²) in [5, 5.41) is 0. The summed E-state index contributed by atoms with van der Waals surface area (Å²) < 4.78 is 31.8. The van der Waals surface area contributed by atoms with E-state index >= 15 is 0 Å². The Balaban J connectivity index is 2.43. The summed E-state index contributed by atoms with van der Waals surface area (Å²) in [5.41, 5.74) is 10.3. The fourth-order valence-corrected chi connectivity index (χ4v) is 1.34. The van der Waals surface area contributed by atoms with Crippen molar-refractivity contribution in [2.24, 2.45) is 0 Å². The number of nitrogens with two attached hydrogens (primary N) is 2. The molecule has 88 valence electrons. The number of hydrogen-bond donors (Lipinski definition) is 2. The van der Waals surface area contributed by atoms with Crippen molar-refractivity contribution < 1.29 is 13.5 Å². The number of ether oxygens (including phenoxy) is 1. The molecule has 0 heterocycles. The van der Waals surface area contributed by atoms with E-state index in [2.05, 4.69) is 0 Å². The average molecular weight is 236 g/mol. The predicted molar refractivity (Wildman–Crippen MR) is 61.7 cm³/mol. The Hall–Kier alpha value is -2.30. The lowest BCUT2D eigenvalue weighted by molar-refractivity contribution is 0.441. The fraction of sp³-hybridized carbons (Fsp3) is 0. The zero-order chi connectivity index (χ0) is 12.4. The average Bonchev–Trinajstić information content (AvgIpc) is 2.33. The van der Waals surface area contributed by atoms with Crippen LogP contribution in [0.5, 0.6) is 11.5 Å². The minimum atomic E-state index is -0.902. The number of para-hydroxylation sites is 1. The highest BCUT2D eigenvalue weighted by Gasteiger charge is 2.16. The van der Waals surface area contributed by atoms with Crippen LogP contribution in [0, 0.1) is 11.6 Å². The number of halogens is 2. The smallest absolute Gasteiger partial charge is 0.188 e. The van der Waals surface area contributed by atoms with Gasteiger partial charge in [0.15, 0.2) is 17.4 Å². The van der Waals surface area contributed by atoms with Crippen LogP contribution in [0.3, 0.4) is 0 Å². The molecule has 0 amide bonds. The van der Waals surface area contributed by atoms with Crippen LogP contribution in [-0.2, 0) is 0 Å². The van der Waals surface area contributed by atoms with Crippen LogP contribution in [0.4, 0.5) is 20.2 Å². The van der Waals surface area contributed by atoms with Crippen molar-refractivity contribution in [1.82, 2.24) is 0 Å². The lowest BCUT2D eigenvalue weighted by atomic mass is 10.2. The van der Waals surface area contributed by atoms with Crippen molar-refractivity contribution in [3.63, 3.8) is 0 Å². The molecule has 0 atom stereocenters. The molecule has 0 aliphatic carbocycles. The summed E-state index contributed by atoms with van der Waals surface area (Å²) in [5.74, 6) is -1.67. The molecule has 5 heteroatoms. The quantitative estimate of drug-likeness (QED) is 0.788. The molecule has 0 saturated carbocycles. The SMILES string of the molecule is Nc1c(F)cc(F)c(Oc2ccccc2)c1N. The highest BCUT2D eigenvalue weighted by atomic mass is 19.1. The minimum Gasteiger partial charge on any atom is -0.452 e. The molecule has 2 aromatic rings. The second kappa shape index (κ2) is 4.29. The summed E-state index contributed by atoms with van der Waals surface area (Å²) in [6, 6.07) is 9.11. The van der Waals surface area contributed by atoms with E-state index in [1.165, 1.54) is 0 Å².